The Hall–Kier alpha value is -1.86. The van der Waals surface area contributed by atoms with Gasteiger partial charge in [-0.15, -0.1) is 12.3 Å². The Morgan fingerprint density at radius 3 is 2.65 bits per heavy atom. The number of esters is 1. The van der Waals surface area contributed by atoms with Crippen molar-refractivity contribution >= 4 is 14.0 Å². The molecule has 0 N–H and O–H groups in total. The molecule has 1 rings (SSSR count). The fraction of sp³-hybridized carbons (Fsp3) is 0.375. The molecule has 0 saturated heterocycles. The molecule has 0 aliphatic rings. The van der Waals surface area contributed by atoms with Crippen molar-refractivity contribution in [2.24, 2.45) is 0 Å². The third kappa shape index (κ3) is 4.67. The van der Waals surface area contributed by atoms with Crippen LogP contribution >= 0.6 is 0 Å². The van der Waals surface area contributed by atoms with E-state index in [1.165, 1.54) is 0 Å². The lowest BCUT2D eigenvalue weighted by Crippen LogP contribution is -2.29. The summed E-state index contributed by atoms with van der Waals surface area (Å²) in [4.78, 5) is 11.7. The van der Waals surface area contributed by atoms with Crippen LogP contribution < -0.4 is 0 Å². The molecule has 0 fully saturated rings. The molecule has 1 aromatic rings. The van der Waals surface area contributed by atoms with Crippen LogP contribution in [0.5, 0.6) is 0 Å². The van der Waals surface area contributed by atoms with Gasteiger partial charge in [0.25, 0.3) is 0 Å². The van der Waals surface area contributed by atoms with E-state index >= 15 is 0 Å². The normalized spacial score (nSPS) is 12.2. The highest BCUT2D eigenvalue weighted by molar-refractivity contribution is 6.84. The molecule has 0 aromatic heterocycles. The summed E-state index contributed by atoms with van der Waals surface area (Å²) in [5, 5.41) is 9.21. The molecule has 20 heavy (non-hydrogen) atoms. The minimum Gasteiger partial charge on any atom is -0.462 e. The van der Waals surface area contributed by atoms with Gasteiger partial charge in [-0.2, -0.15) is 5.26 Å². The molecule has 1 atom stereocenters. The molecule has 0 saturated carbocycles. The van der Waals surface area contributed by atoms with Gasteiger partial charge in [0, 0.05) is 5.54 Å². The molecule has 1 aromatic carbocycles. The van der Waals surface area contributed by atoms with Crippen molar-refractivity contribution in [1.82, 2.24) is 0 Å². The maximum Gasteiger partial charge on any atom is 0.338 e. The molecular formula is C16H21NO2Si. The smallest absolute Gasteiger partial charge is 0.338 e. The summed E-state index contributed by atoms with van der Waals surface area (Å²) in [7, 11) is -1.69. The van der Waals surface area contributed by atoms with E-state index in [0.717, 1.165) is 6.42 Å². The van der Waals surface area contributed by atoms with Crippen LogP contribution in [-0.2, 0) is 4.74 Å². The first-order valence-electron chi connectivity index (χ1n) is 6.76. The van der Waals surface area contributed by atoms with Gasteiger partial charge < -0.3 is 4.74 Å². The highest BCUT2D eigenvalue weighted by Crippen LogP contribution is 2.26. The van der Waals surface area contributed by atoms with Crippen molar-refractivity contribution in [2.45, 2.75) is 31.5 Å². The van der Waals surface area contributed by atoms with Crippen molar-refractivity contribution in [3.63, 3.8) is 0 Å². The first-order valence-corrected chi connectivity index (χ1v) is 9.92. The zero-order chi connectivity index (χ0) is 15.0. The van der Waals surface area contributed by atoms with Gasteiger partial charge >= 0.3 is 5.97 Å². The number of benzene rings is 1. The fourth-order valence-corrected chi connectivity index (χ4v) is 3.42. The standard InChI is InChI=1S/C16H21NO2Si/c1-4-20(2,3)15(13-17)11-8-12-19-16(18)14-9-6-5-7-10-14/h4-7,9-10,15H,1,8,11-12H2,2-3H3. The molecule has 3 nitrogen and oxygen atoms in total. The van der Waals surface area contributed by atoms with Crippen LogP contribution in [0.2, 0.25) is 18.6 Å². The van der Waals surface area contributed by atoms with Gasteiger partial charge in [-0.05, 0) is 25.0 Å². The Labute approximate surface area is 121 Å². The lowest BCUT2D eigenvalue weighted by molar-refractivity contribution is 0.0498. The van der Waals surface area contributed by atoms with Crippen LogP contribution in [0.3, 0.4) is 0 Å². The second-order valence-corrected chi connectivity index (χ2v) is 10.1. The Morgan fingerprint density at radius 1 is 1.45 bits per heavy atom. The summed E-state index contributed by atoms with van der Waals surface area (Å²) in [6.45, 7) is 8.43. The summed E-state index contributed by atoms with van der Waals surface area (Å²) in [6.07, 6.45) is 1.46. The second kappa shape index (κ2) is 7.66. The van der Waals surface area contributed by atoms with Gasteiger partial charge in [0.1, 0.15) is 0 Å². The van der Waals surface area contributed by atoms with Crippen LogP contribution in [0.15, 0.2) is 42.6 Å². The van der Waals surface area contributed by atoms with Crippen LogP contribution in [-0.4, -0.2) is 20.7 Å². The molecule has 0 aliphatic carbocycles. The Morgan fingerprint density at radius 2 is 2.10 bits per heavy atom. The fourth-order valence-electron chi connectivity index (χ4n) is 1.86. The summed E-state index contributed by atoms with van der Waals surface area (Å²) in [6, 6.07) is 11.3. The first kappa shape index (κ1) is 16.2. The van der Waals surface area contributed by atoms with E-state index in [4.69, 9.17) is 4.74 Å². The number of rotatable bonds is 7. The maximum atomic E-state index is 11.7. The van der Waals surface area contributed by atoms with Gasteiger partial charge in [0.15, 0.2) is 0 Å². The largest absolute Gasteiger partial charge is 0.462 e. The van der Waals surface area contributed by atoms with Crippen molar-refractivity contribution in [3.8, 4) is 6.07 Å². The van der Waals surface area contributed by atoms with Gasteiger partial charge in [-0.1, -0.05) is 31.3 Å². The van der Waals surface area contributed by atoms with Crippen molar-refractivity contribution in [3.05, 3.63) is 48.2 Å². The van der Waals surface area contributed by atoms with E-state index in [2.05, 4.69) is 25.7 Å². The number of carbonyl (C=O) groups excluding carboxylic acids is 1. The number of nitrogens with zero attached hydrogens (tertiary/aromatic N) is 1. The minimum atomic E-state index is -1.69. The summed E-state index contributed by atoms with van der Waals surface area (Å²) in [5.41, 5.74) is 2.53. The van der Waals surface area contributed by atoms with Gasteiger partial charge in [0.2, 0.25) is 0 Å². The SMILES string of the molecule is C=C[Si](C)(C)C(C#N)CCCOC(=O)c1ccccc1. The molecule has 4 heteroatoms. The highest BCUT2D eigenvalue weighted by atomic mass is 28.3. The molecule has 0 aliphatic heterocycles. The van der Waals surface area contributed by atoms with Crippen molar-refractivity contribution in [2.75, 3.05) is 6.61 Å². The lowest BCUT2D eigenvalue weighted by atomic mass is 10.2. The molecule has 0 bridgehead atoms. The quantitative estimate of drug-likeness (QED) is 0.433. The van der Waals surface area contributed by atoms with Crippen molar-refractivity contribution in [1.29, 1.82) is 5.26 Å². The molecule has 0 heterocycles. The average molecular weight is 287 g/mol. The number of hydrogen-bond donors (Lipinski definition) is 0. The lowest BCUT2D eigenvalue weighted by Gasteiger charge is -2.23. The second-order valence-electron chi connectivity index (χ2n) is 5.35. The zero-order valence-electron chi connectivity index (χ0n) is 12.1. The van der Waals surface area contributed by atoms with Gasteiger partial charge in [-0.25, -0.2) is 4.79 Å². The van der Waals surface area contributed by atoms with E-state index in [0.29, 0.717) is 18.6 Å². The van der Waals surface area contributed by atoms with Gasteiger partial charge in [0.05, 0.1) is 26.3 Å². The molecule has 0 spiro atoms. The van der Waals surface area contributed by atoms with Crippen LogP contribution in [0.1, 0.15) is 23.2 Å². The monoisotopic (exact) mass is 287 g/mol. The van der Waals surface area contributed by atoms with Crippen LogP contribution in [0.4, 0.5) is 0 Å². The molecular weight excluding hydrogens is 266 g/mol. The topological polar surface area (TPSA) is 50.1 Å². The predicted octanol–water partition coefficient (Wildman–Crippen LogP) is 3.95. The van der Waals surface area contributed by atoms with E-state index in [-0.39, 0.29) is 11.5 Å². The van der Waals surface area contributed by atoms with Gasteiger partial charge in [-0.3, -0.25) is 0 Å². The highest BCUT2D eigenvalue weighted by Gasteiger charge is 2.28. The zero-order valence-corrected chi connectivity index (χ0v) is 13.1. The average Bonchev–Trinajstić information content (AvgIpc) is 2.47. The Bertz CT molecular complexity index is 491. The Kier molecular flexibility index (Phi) is 6.20. The van der Waals surface area contributed by atoms with E-state index in [9.17, 15) is 10.1 Å². The minimum absolute atomic E-state index is 0.0235. The van der Waals surface area contributed by atoms with Crippen LogP contribution in [0.25, 0.3) is 0 Å². The first-order chi connectivity index (χ1) is 9.51. The predicted molar refractivity (Wildman–Crippen MR) is 83.0 cm³/mol. The van der Waals surface area contributed by atoms with Crippen molar-refractivity contribution < 1.29 is 9.53 Å². The summed E-state index contributed by atoms with van der Waals surface area (Å²) >= 11 is 0. The number of nitriles is 1. The molecule has 1 unspecified atom stereocenters. The number of ether oxygens (including phenoxy) is 1. The van der Waals surface area contributed by atoms with E-state index in [1.807, 2.05) is 11.8 Å². The third-order valence-electron chi connectivity index (χ3n) is 3.46. The summed E-state index contributed by atoms with van der Waals surface area (Å²) in [5.74, 6) is -0.306. The number of carbonyl (C=O) groups is 1. The van der Waals surface area contributed by atoms with E-state index in [1.54, 1.807) is 24.3 Å². The van der Waals surface area contributed by atoms with E-state index < -0.39 is 8.07 Å². The van der Waals surface area contributed by atoms with Crippen LogP contribution in [0, 0.1) is 11.3 Å². The Balaban J connectivity index is 2.37. The third-order valence-corrected chi connectivity index (χ3v) is 6.73. The maximum absolute atomic E-state index is 11.7. The molecule has 0 amide bonds. The summed E-state index contributed by atoms with van der Waals surface area (Å²) < 4.78 is 5.21. The number of hydrogen-bond acceptors (Lipinski definition) is 3. The molecule has 0 radical (unpaired) electrons. The molecule has 106 valence electrons.